The highest BCUT2D eigenvalue weighted by Crippen LogP contribution is 2.37. The first-order valence-corrected chi connectivity index (χ1v) is 6.27. The molecule has 0 aromatic heterocycles. The van der Waals surface area contributed by atoms with Gasteiger partial charge in [-0.05, 0) is 12.1 Å². The molecule has 0 fully saturated rings. The first-order valence-electron chi connectivity index (χ1n) is 5.39. The van der Waals surface area contributed by atoms with Crippen LogP contribution in [-0.4, -0.2) is 29.4 Å². The first-order chi connectivity index (χ1) is 7.66. The average Bonchev–Trinajstić information content (AvgIpc) is 2.25. The summed E-state index contributed by atoms with van der Waals surface area (Å²) in [6, 6.07) is 8.20. The third kappa shape index (κ3) is 2.50. The Hall–Kier alpha value is -1.16. The number of carboxylic acid groups (broad SMARTS) is 1. The molecule has 0 amide bonds. The van der Waals surface area contributed by atoms with Gasteiger partial charge in [0.1, 0.15) is 0 Å². The van der Waals surface area contributed by atoms with Crippen molar-refractivity contribution < 1.29 is 9.90 Å². The lowest BCUT2D eigenvalue weighted by Gasteiger charge is -2.33. The van der Waals surface area contributed by atoms with Gasteiger partial charge in [0.2, 0.25) is 0 Å². The Balaban J connectivity index is 2.16. The number of aliphatic carboxylic acids is 1. The van der Waals surface area contributed by atoms with Gasteiger partial charge in [-0.2, -0.15) is 0 Å². The highest BCUT2D eigenvalue weighted by molar-refractivity contribution is 8.00. The van der Waals surface area contributed by atoms with Crippen LogP contribution in [-0.2, 0) is 4.79 Å². The molecule has 4 heteroatoms. The second-order valence-electron chi connectivity index (χ2n) is 3.99. The highest BCUT2D eigenvalue weighted by Gasteiger charge is 2.21. The van der Waals surface area contributed by atoms with Crippen molar-refractivity contribution in [3.63, 3.8) is 0 Å². The summed E-state index contributed by atoms with van der Waals surface area (Å²) in [5.41, 5.74) is 1.17. The lowest BCUT2D eigenvalue weighted by Crippen LogP contribution is -2.34. The van der Waals surface area contributed by atoms with Crippen molar-refractivity contribution in [2.45, 2.75) is 23.5 Å². The van der Waals surface area contributed by atoms with E-state index in [-0.39, 0.29) is 6.42 Å². The van der Waals surface area contributed by atoms with Crippen LogP contribution in [0.15, 0.2) is 29.2 Å². The van der Waals surface area contributed by atoms with Gasteiger partial charge in [0.05, 0.1) is 12.1 Å². The highest BCUT2D eigenvalue weighted by atomic mass is 32.2. The van der Waals surface area contributed by atoms with E-state index in [1.165, 1.54) is 10.6 Å². The van der Waals surface area contributed by atoms with Crippen molar-refractivity contribution in [1.82, 2.24) is 0 Å². The predicted molar refractivity (Wildman–Crippen MR) is 66.2 cm³/mol. The van der Waals surface area contributed by atoms with Crippen molar-refractivity contribution >= 4 is 23.4 Å². The van der Waals surface area contributed by atoms with E-state index >= 15 is 0 Å². The predicted octanol–water partition coefficient (Wildman–Crippen LogP) is 2.46. The molecule has 1 heterocycles. The molecule has 2 rings (SSSR count). The van der Waals surface area contributed by atoms with Crippen molar-refractivity contribution in [2.75, 3.05) is 18.0 Å². The number of benzene rings is 1. The molecule has 1 aliphatic rings. The van der Waals surface area contributed by atoms with Gasteiger partial charge < -0.3 is 10.0 Å². The van der Waals surface area contributed by atoms with Crippen LogP contribution >= 0.6 is 11.8 Å². The molecule has 0 saturated carbocycles. The molecule has 1 aromatic carbocycles. The van der Waals surface area contributed by atoms with Gasteiger partial charge in [0, 0.05) is 23.2 Å². The monoisotopic (exact) mass is 237 g/mol. The maximum atomic E-state index is 10.6. The number of anilines is 1. The fraction of sp³-hybridized carbons (Fsp3) is 0.417. The van der Waals surface area contributed by atoms with Gasteiger partial charge in [-0.3, -0.25) is 4.79 Å². The molecular weight excluding hydrogens is 222 g/mol. The Labute approximate surface area is 99.5 Å². The van der Waals surface area contributed by atoms with E-state index < -0.39 is 5.97 Å². The summed E-state index contributed by atoms with van der Waals surface area (Å²) in [5.74, 6) is -0.733. The third-order valence-electron chi connectivity index (χ3n) is 2.61. The minimum Gasteiger partial charge on any atom is -0.481 e. The van der Waals surface area contributed by atoms with Crippen LogP contribution in [0.3, 0.4) is 0 Å². The standard InChI is InChI=1S/C12H15NO2S/c1-9-8-13(7-6-12(14)15)10-4-2-3-5-11(10)16-9/h2-5,9H,6-8H2,1H3,(H,14,15). The average molecular weight is 237 g/mol. The zero-order valence-electron chi connectivity index (χ0n) is 9.22. The Kier molecular flexibility index (Phi) is 3.39. The normalized spacial score (nSPS) is 19.3. The molecule has 1 aliphatic heterocycles. The van der Waals surface area contributed by atoms with Crippen molar-refractivity contribution in [3.05, 3.63) is 24.3 Å². The molecule has 1 atom stereocenters. The van der Waals surface area contributed by atoms with Gasteiger partial charge in [-0.1, -0.05) is 19.1 Å². The zero-order chi connectivity index (χ0) is 11.5. The lowest BCUT2D eigenvalue weighted by atomic mass is 10.2. The van der Waals surface area contributed by atoms with Gasteiger partial charge in [0.25, 0.3) is 0 Å². The Morgan fingerprint density at radius 3 is 3.06 bits per heavy atom. The lowest BCUT2D eigenvalue weighted by molar-refractivity contribution is -0.136. The largest absolute Gasteiger partial charge is 0.481 e. The SMILES string of the molecule is CC1CN(CCC(=O)O)c2ccccc2S1. The fourth-order valence-corrected chi connectivity index (χ4v) is 3.09. The molecular formula is C12H15NO2S. The molecule has 0 saturated heterocycles. The summed E-state index contributed by atoms with van der Waals surface area (Å²) >= 11 is 1.86. The summed E-state index contributed by atoms with van der Waals surface area (Å²) in [4.78, 5) is 14.0. The van der Waals surface area contributed by atoms with Crippen LogP contribution in [0.4, 0.5) is 5.69 Å². The summed E-state index contributed by atoms with van der Waals surface area (Å²) in [6.07, 6.45) is 0.200. The minimum absolute atomic E-state index is 0.200. The van der Waals surface area contributed by atoms with Crippen molar-refractivity contribution in [3.8, 4) is 0 Å². The van der Waals surface area contributed by atoms with E-state index in [1.807, 2.05) is 23.9 Å². The quantitative estimate of drug-likeness (QED) is 0.876. The van der Waals surface area contributed by atoms with E-state index in [0.717, 1.165) is 6.54 Å². The van der Waals surface area contributed by atoms with Crippen LogP contribution < -0.4 is 4.90 Å². The first kappa shape index (κ1) is 11.3. The van der Waals surface area contributed by atoms with E-state index in [4.69, 9.17) is 5.11 Å². The zero-order valence-corrected chi connectivity index (χ0v) is 10.0. The van der Waals surface area contributed by atoms with Crippen molar-refractivity contribution in [1.29, 1.82) is 0 Å². The molecule has 0 spiro atoms. The molecule has 1 unspecified atom stereocenters. The van der Waals surface area contributed by atoms with Crippen molar-refractivity contribution in [2.24, 2.45) is 0 Å². The molecule has 3 nitrogen and oxygen atoms in total. The summed E-state index contributed by atoms with van der Waals surface area (Å²) in [6.45, 7) is 3.70. The Bertz CT molecular complexity index is 394. The maximum absolute atomic E-state index is 10.6. The van der Waals surface area contributed by atoms with E-state index in [9.17, 15) is 4.79 Å². The number of carboxylic acids is 1. The van der Waals surface area contributed by atoms with Gasteiger partial charge in [-0.25, -0.2) is 0 Å². The number of carbonyl (C=O) groups is 1. The summed E-state index contributed by atoms with van der Waals surface area (Å²) in [7, 11) is 0. The Morgan fingerprint density at radius 2 is 2.31 bits per heavy atom. The molecule has 0 radical (unpaired) electrons. The summed E-state index contributed by atoms with van der Waals surface area (Å²) in [5, 5.41) is 9.24. The van der Waals surface area contributed by atoms with Crippen LogP contribution in [0, 0.1) is 0 Å². The van der Waals surface area contributed by atoms with E-state index in [1.54, 1.807) is 0 Å². The Morgan fingerprint density at radius 1 is 1.56 bits per heavy atom. The number of para-hydroxylation sites is 1. The van der Waals surface area contributed by atoms with Crippen LogP contribution in [0.5, 0.6) is 0 Å². The topological polar surface area (TPSA) is 40.5 Å². The molecule has 1 aromatic rings. The number of hydrogen-bond acceptors (Lipinski definition) is 3. The fourth-order valence-electron chi connectivity index (χ4n) is 1.92. The number of hydrogen-bond donors (Lipinski definition) is 1. The number of fused-ring (bicyclic) bond motifs is 1. The van der Waals surface area contributed by atoms with Crippen LogP contribution in [0.25, 0.3) is 0 Å². The van der Waals surface area contributed by atoms with Crippen LogP contribution in [0.1, 0.15) is 13.3 Å². The van der Waals surface area contributed by atoms with Crippen LogP contribution in [0.2, 0.25) is 0 Å². The number of nitrogens with zero attached hydrogens (tertiary/aromatic N) is 1. The molecule has 16 heavy (non-hydrogen) atoms. The van der Waals surface area contributed by atoms with Gasteiger partial charge in [-0.15, -0.1) is 11.8 Å². The second-order valence-corrected chi connectivity index (χ2v) is 5.47. The maximum Gasteiger partial charge on any atom is 0.305 e. The molecule has 1 N–H and O–H groups in total. The minimum atomic E-state index is -0.733. The molecule has 86 valence electrons. The van der Waals surface area contributed by atoms with E-state index in [0.29, 0.717) is 11.8 Å². The van der Waals surface area contributed by atoms with E-state index in [2.05, 4.69) is 24.0 Å². The third-order valence-corrected chi connectivity index (χ3v) is 3.76. The number of rotatable bonds is 3. The molecule has 0 bridgehead atoms. The second kappa shape index (κ2) is 4.78. The number of thioether (sulfide) groups is 1. The smallest absolute Gasteiger partial charge is 0.305 e. The van der Waals surface area contributed by atoms with Gasteiger partial charge >= 0.3 is 5.97 Å². The van der Waals surface area contributed by atoms with Gasteiger partial charge in [0.15, 0.2) is 0 Å². The summed E-state index contributed by atoms with van der Waals surface area (Å²) < 4.78 is 0. The molecule has 0 aliphatic carbocycles.